The summed E-state index contributed by atoms with van der Waals surface area (Å²) in [6, 6.07) is 8.93. The van der Waals surface area contributed by atoms with Crippen LogP contribution in [0.25, 0.3) is 5.69 Å². The van der Waals surface area contributed by atoms with E-state index in [1.54, 1.807) is 25.3 Å². The Morgan fingerprint density at radius 3 is 2.42 bits per heavy atom. The van der Waals surface area contributed by atoms with Gasteiger partial charge in [-0.05, 0) is 49.4 Å². The summed E-state index contributed by atoms with van der Waals surface area (Å²) in [6.07, 6.45) is -3.02. The zero-order chi connectivity index (χ0) is 22.6. The Morgan fingerprint density at radius 1 is 1.13 bits per heavy atom. The number of alkyl halides is 3. The van der Waals surface area contributed by atoms with Gasteiger partial charge in [-0.3, -0.25) is 9.36 Å². The highest BCUT2D eigenvalue weighted by Crippen LogP contribution is 2.35. The van der Waals surface area contributed by atoms with Gasteiger partial charge in [-0.2, -0.15) is 13.2 Å². The molecule has 3 aromatic rings. The van der Waals surface area contributed by atoms with Gasteiger partial charge in [0, 0.05) is 24.6 Å². The van der Waals surface area contributed by atoms with Gasteiger partial charge in [0.2, 0.25) is 0 Å². The lowest BCUT2D eigenvalue weighted by Crippen LogP contribution is -2.17. The Balaban J connectivity index is 1.85. The maximum atomic E-state index is 13.1. The molecular weight excluding hydrogens is 415 g/mol. The summed E-state index contributed by atoms with van der Waals surface area (Å²) in [5, 5.41) is 2.46. The fourth-order valence-corrected chi connectivity index (χ4v) is 2.90. The topological polar surface area (TPSA) is 85.3 Å². The molecule has 0 radical (unpaired) electrons. The van der Waals surface area contributed by atoms with E-state index in [4.69, 9.17) is 9.47 Å². The first kappa shape index (κ1) is 22.2. The lowest BCUT2D eigenvalue weighted by molar-refractivity contribution is -0.137. The summed E-state index contributed by atoms with van der Waals surface area (Å²) < 4.78 is 51.0. The smallest absolute Gasteiger partial charge is 0.416 e. The van der Waals surface area contributed by atoms with E-state index < -0.39 is 17.6 Å². The molecule has 1 amide bonds. The van der Waals surface area contributed by atoms with E-state index in [2.05, 4.69) is 10.3 Å². The highest BCUT2D eigenvalue weighted by Gasteiger charge is 2.31. The standard InChI is InChI=1S/C21H20F3N3O4/c1-13-12-25-20(29)27(13)16-6-3-14(4-7-16)19(28)26-17-11-15(21(22,23)24)5-8-18(17)31-10-9-30-2/h3-8,11-12H,9-10H2,1-2H3,(H,25,29)(H,26,28). The normalized spacial score (nSPS) is 11.4. The quantitative estimate of drug-likeness (QED) is 0.554. The number of nitrogens with one attached hydrogen (secondary N) is 2. The summed E-state index contributed by atoms with van der Waals surface area (Å²) in [7, 11) is 1.46. The van der Waals surface area contributed by atoms with Crippen molar-refractivity contribution in [3.63, 3.8) is 0 Å². The van der Waals surface area contributed by atoms with Crippen LogP contribution in [-0.2, 0) is 10.9 Å². The van der Waals surface area contributed by atoms with Gasteiger partial charge in [0.15, 0.2) is 0 Å². The lowest BCUT2D eigenvalue weighted by atomic mass is 10.1. The van der Waals surface area contributed by atoms with Gasteiger partial charge in [-0.1, -0.05) is 0 Å². The van der Waals surface area contributed by atoms with Crippen LogP contribution in [0.15, 0.2) is 53.5 Å². The Kier molecular flexibility index (Phi) is 6.50. The first-order valence-electron chi connectivity index (χ1n) is 9.22. The van der Waals surface area contributed by atoms with Crippen molar-refractivity contribution in [2.45, 2.75) is 13.1 Å². The Bertz CT molecular complexity index is 1120. The number of rotatable bonds is 7. The van der Waals surface area contributed by atoms with Gasteiger partial charge in [0.1, 0.15) is 12.4 Å². The van der Waals surface area contributed by atoms with Gasteiger partial charge in [0.25, 0.3) is 5.91 Å². The molecule has 1 heterocycles. The van der Waals surface area contributed by atoms with Crippen molar-refractivity contribution in [1.82, 2.24) is 9.55 Å². The first-order valence-corrected chi connectivity index (χ1v) is 9.22. The minimum atomic E-state index is -4.58. The lowest BCUT2D eigenvalue weighted by Gasteiger charge is -2.15. The summed E-state index contributed by atoms with van der Waals surface area (Å²) >= 11 is 0. The summed E-state index contributed by atoms with van der Waals surface area (Å²) in [4.78, 5) is 27.1. The number of nitrogens with zero attached hydrogens (tertiary/aromatic N) is 1. The number of aryl methyl sites for hydroxylation is 1. The van der Waals surface area contributed by atoms with Gasteiger partial charge < -0.3 is 19.8 Å². The van der Waals surface area contributed by atoms with E-state index in [0.29, 0.717) is 11.4 Å². The van der Waals surface area contributed by atoms with Crippen LogP contribution in [0, 0.1) is 6.92 Å². The van der Waals surface area contributed by atoms with Crippen LogP contribution >= 0.6 is 0 Å². The molecule has 164 valence electrons. The van der Waals surface area contributed by atoms with E-state index in [9.17, 15) is 22.8 Å². The van der Waals surface area contributed by atoms with Crippen LogP contribution in [-0.4, -0.2) is 35.8 Å². The Labute approximate surface area is 175 Å². The number of amides is 1. The minimum absolute atomic E-state index is 0.0875. The molecule has 0 spiro atoms. The number of carbonyl (C=O) groups excluding carboxylic acids is 1. The van der Waals surface area contributed by atoms with Crippen LogP contribution in [0.2, 0.25) is 0 Å². The fourth-order valence-electron chi connectivity index (χ4n) is 2.90. The van der Waals surface area contributed by atoms with Gasteiger partial charge >= 0.3 is 11.9 Å². The molecule has 10 heteroatoms. The number of imidazole rings is 1. The number of hydrogen-bond donors (Lipinski definition) is 2. The number of ether oxygens (including phenoxy) is 2. The number of methoxy groups -OCH3 is 1. The van der Waals surface area contributed by atoms with Crippen molar-refractivity contribution in [2.24, 2.45) is 0 Å². The van der Waals surface area contributed by atoms with Crippen LogP contribution in [0.5, 0.6) is 5.75 Å². The number of anilines is 1. The molecule has 0 saturated heterocycles. The summed E-state index contributed by atoms with van der Waals surface area (Å²) in [6.45, 7) is 2.08. The molecular formula is C21H20F3N3O4. The van der Waals surface area contributed by atoms with Crippen LogP contribution < -0.4 is 15.7 Å². The maximum Gasteiger partial charge on any atom is 0.416 e. The SMILES string of the molecule is COCCOc1ccc(C(F)(F)F)cc1NC(=O)c1ccc(-n2c(C)c[nH]c2=O)cc1. The molecule has 7 nitrogen and oxygen atoms in total. The Hall–Kier alpha value is -3.53. The zero-order valence-corrected chi connectivity index (χ0v) is 16.7. The van der Waals surface area contributed by atoms with Gasteiger partial charge in [0.05, 0.1) is 23.5 Å². The van der Waals surface area contributed by atoms with E-state index in [-0.39, 0.29) is 35.9 Å². The molecule has 0 saturated carbocycles. The second kappa shape index (κ2) is 9.09. The van der Waals surface area contributed by atoms with Crippen molar-refractivity contribution in [3.8, 4) is 11.4 Å². The number of benzene rings is 2. The summed E-state index contributed by atoms with van der Waals surface area (Å²) in [5.41, 5.74) is 0.0750. The number of carbonyl (C=O) groups is 1. The molecule has 0 aliphatic heterocycles. The second-order valence-corrected chi connectivity index (χ2v) is 6.62. The predicted molar refractivity (Wildman–Crippen MR) is 108 cm³/mol. The van der Waals surface area contributed by atoms with Crippen molar-refractivity contribution in [1.29, 1.82) is 0 Å². The van der Waals surface area contributed by atoms with Gasteiger partial charge in [-0.25, -0.2) is 4.79 Å². The van der Waals surface area contributed by atoms with E-state index >= 15 is 0 Å². The molecule has 0 atom stereocenters. The van der Waals surface area contributed by atoms with Crippen molar-refractivity contribution in [3.05, 3.63) is 76.0 Å². The van der Waals surface area contributed by atoms with Gasteiger partial charge in [-0.15, -0.1) is 0 Å². The molecule has 2 N–H and O–H groups in total. The van der Waals surface area contributed by atoms with Crippen molar-refractivity contribution >= 4 is 11.6 Å². The van der Waals surface area contributed by atoms with Crippen LogP contribution in [0.4, 0.5) is 18.9 Å². The first-order chi connectivity index (χ1) is 14.7. The number of aromatic amines is 1. The maximum absolute atomic E-state index is 13.1. The number of aromatic nitrogens is 2. The molecule has 0 fully saturated rings. The molecule has 0 bridgehead atoms. The molecule has 31 heavy (non-hydrogen) atoms. The number of H-pyrrole nitrogens is 1. The second-order valence-electron chi connectivity index (χ2n) is 6.62. The predicted octanol–water partition coefficient (Wildman–Crippen LogP) is 3.77. The third kappa shape index (κ3) is 5.15. The monoisotopic (exact) mass is 435 g/mol. The molecule has 0 aliphatic carbocycles. The van der Waals surface area contributed by atoms with Crippen molar-refractivity contribution in [2.75, 3.05) is 25.6 Å². The average molecular weight is 435 g/mol. The third-order valence-corrected chi connectivity index (χ3v) is 4.45. The summed E-state index contributed by atoms with van der Waals surface area (Å²) in [5.74, 6) is -0.537. The molecule has 3 rings (SSSR count). The van der Waals surface area contributed by atoms with E-state index in [0.717, 1.165) is 18.2 Å². The van der Waals surface area contributed by atoms with E-state index in [1.807, 2.05) is 0 Å². The molecule has 2 aromatic carbocycles. The Morgan fingerprint density at radius 2 is 1.84 bits per heavy atom. The van der Waals surface area contributed by atoms with Crippen molar-refractivity contribution < 1.29 is 27.4 Å². The highest BCUT2D eigenvalue weighted by atomic mass is 19.4. The largest absolute Gasteiger partial charge is 0.489 e. The van der Waals surface area contributed by atoms with Crippen LogP contribution in [0.1, 0.15) is 21.6 Å². The fraction of sp³-hybridized carbons (Fsp3) is 0.238. The number of halogens is 3. The van der Waals surface area contributed by atoms with E-state index in [1.165, 1.54) is 23.8 Å². The number of hydrogen-bond acceptors (Lipinski definition) is 4. The molecule has 1 aromatic heterocycles. The third-order valence-electron chi connectivity index (χ3n) is 4.45. The minimum Gasteiger partial charge on any atom is -0.489 e. The average Bonchev–Trinajstić information content (AvgIpc) is 3.06. The van der Waals surface area contributed by atoms with Crippen LogP contribution in [0.3, 0.4) is 0 Å². The molecule has 0 aliphatic rings. The molecule has 0 unspecified atom stereocenters. The highest BCUT2D eigenvalue weighted by molar-refractivity contribution is 6.05. The zero-order valence-electron chi connectivity index (χ0n) is 16.7.